The lowest BCUT2D eigenvalue weighted by Crippen LogP contribution is -1.83. The van der Waals surface area contributed by atoms with E-state index >= 15 is 0 Å². The van der Waals surface area contributed by atoms with Crippen molar-refractivity contribution in [3.63, 3.8) is 0 Å². The number of unbranched alkanes of at least 4 members (excludes halogenated alkanes) is 6. The first-order valence-corrected chi connectivity index (χ1v) is 16.4. The van der Waals surface area contributed by atoms with E-state index < -0.39 is 0 Å². The van der Waals surface area contributed by atoms with Crippen LogP contribution in [0.3, 0.4) is 0 Å². The van der Waals surface area contributed by atoms with Crippen LogP contribution in [0.2, 0.25) is 0 Å². The zero-order chi connectivity index (χ0) is 31.7. The van der Waals surface area contributed by atoms with Gasteiger partial charge in [-0.15, -0.1) is 0 Å². The molecule has 0 aromatic heterocycles. The highest BCUT2D eigenvalue weighted by molar-refractivity contribution is 5.23. The summed E-state index contributed by atoms with van der Waals surface area (Å²) in [6, 6.07) is 41.1. The molecule has 4 rings (SSSR count). The second-order valence-corrected chi connectivity index (χ2v) is 10.9. The smallest absolute Gasteiger partial charge is 0.0219 e. The van der Waals surface area contributed by atoms with Gasteiger partial charge in [0.15, 0.2) is 0 Å². The van der Waals surface area contributed by atoms with Crippen molar-refractivity contribution in [1.29, 1.82) is 0 Å². The average Bonchev–Trinajstić information content (AvgIpc) is 3.03. The molecule has 0 radical (unpaired) electrons. The molecule has 4 aromatic carbocycles. The molecule has 0 aliphatic heterocycles. The zero-order valence-electron chi connectivity index (χ0n) is 28.8. The maximum Gasteiger partial charge on any atom is -0.0219 e. The van der Waals surface area contributed by atoms with E-state index in [0.29, 0.717) is 5.92 Å². The van der Waals surface area contributed by atoms with Crippen molar-refractivity contribution in [2.45, 2.75) is 120 Å². The van der Waals surface area contributed by atoms with Gasteiger partial charge in [-0.1, -0.05) is 220 Å². The van der Waals surface area contributed by atoms with Gasteiger partial charge in [0.05, 0.1) is 0 Å². The maximum absolute atomic E-state index is 2.23. The fourth-order valence-electron chi connectivity index (χ4n) is 3.42. The van der Waals surface area contributed by atoms with E-state index in [1.165, 1.54) is 73.6 Å². The second kappa shape index (κ2) is 32.4. The van der Waals surface area contributed by atoms with Gasteiger partial charge in [0, 0.05) is 0 Å². The summed E-state index contributed by atoms with van der Waals surface area (Å²) < 4.78 is 0. The fraction of sp³-hybridized carbons (Fsp3) is 0.429. The van der Waals surface area contributed by atoms with Gasteiger partial charge in [0.1, 0.15) is 0 Å². The van der Waals surface area contributed by atoms with Crippen LogP contribution in [0.25, 0.3) is 0 Å². The van der Waals surface area contributed by atoms with E-state index in [-0.39, 0.29) is 0 Å². The molecule has 0 aliphatic rings. The second-order valence-electron chi connectivity index (χ2n) is 10.9. The lowest BCUT2D eigenvalue weighted by molar-refractivity contribution is 0.702. The van der Waals surface area contributed by atoms with Crippen molar-refractivity contribution in [2.24, 2.45) is 0 Å². The number of hydrogen-bond acceptors (Lipinski definition) is 0. The largest absolute Gasteiger partial charge is 0.0654 e. The van der Waals surface area contributed by atoms with Gasteiger partial charge >= 0.3 is 0 Å². The van der Waals surface area contributed by atoms with Crippen molar-refractivity contribution >= 4 is 0 Å². The van der Waals surface area contributed by atoms with Gasteiger partial charge in [-0.25, -0.2) is 0 Å². The zero-order valence-corrected chi connectivity index (χ0v) is 28.8. The highest BCUT2D eigenvalue weighted by Crippen LogP contribution is 2.11. The summed E-state index contributed by atoms with van der Waals surface area (Å²) in [6.45, 7) is 19.7. The van der Waals surface area contributed by atoms with Crippen LogP contribution in [0, 0.1) is 20.8 Å². The Hall–Kier alpha value is -3.12. The standard InChI is InChI=1S/C9H12.C8H10.C7H8.C6H6.2C6H14/c1-8(2)9-6-4-3-5-7-9;1-7-5-3-4-6-8(7)2;1-7-5-3-2-4-6-7;1-2-4-6-5-3-1;2*1-3-5-6-4-2/h3-8H,1-2H3;3-6H,1-2H3;2-6H,1H3;1-6H;2*3-6H2,1-2H3. The number of rotatable bonds is 7. The van der Waals surface area contributed by atoms with Crippen molar-refractivity contribution < 1.29 is 0 Å². The van der Waals surface area contributed by atoms with Gasteiger partial charge in [0.2, 0.25) is 0 Å². The SMILES string of the molecule is CC(C)c1ccccc1.CCCCCC.CCCCCC.Cc1ccccc1.Cc1ccccc1C.c1ccccc1. The lowest BCUT2D eigenvalue weighted by Gasteiger charge is -2.01. The van der Waals surface area contributed by atoms with Crippen LogP contribution in [-0.4, -0.2) is 0 Å². The molecule has 0 N–H and O–H groups in total. The normalized spacial score (nSPS) is 9.10. The molecule has 42 heavy (non-hydrogen) atoms. The van der Waals surface area contributed by atoms with E-state index in [0.717, 1.165) is 0 Å². The fourth-order valence-corrected chi connectivity index (χ4v) is 3.42. The predicted molar refractivity (Wildman–Crippen MR) is 194 cm³/mol. The van der Waals surface area contributed by atoms with Gasteiger partial charge in [-0.3, -0.25) is 0 Å². The highest BCUT2D eigenvalue weighted by atomic mass is 14.0. The molecule has 0 saturated heterocycles. The molecule has 0 nitrogen and oxygen atoms in total. The molecule has 0 aliphatic carbocycles. The Balaban J connectivity index is 0. The van der Waals surface area contributed by atoms with Crippen molar-refractivity contribution in [2.75, 3.05) is 0 Å². The summed E-state index contributed by atoms with van der Waals surface area (Å²) >= 11 is 0. The minimum atomic E-state index is 0.659. The molecular weight excluding hydrogens is 504 g/mol. The van der Waals surface area contributed by atoms with Crippen LogP contribution >= 0.6 is 0 Å². The van der Waals surface area contributed by atoms with Crippen LogP contribution in [0.5, 0.6) is 0 Å². The van der Waals surface area contributed by atoms with Crippen LogP contribution in [-0.2, 0) is 0 Å². The summed E-state index contributed by atoms with van der Waals surface area (Å²) in [5.41, 5.74) is 5.47. The summed E-state index contributed by atoms with van der Waals surface area (Å²) in [5.74, 6) is 0.659. The molecule has 0 amide bonds. The number of benzene rings is 4. The van der Waals surface area contributed by atoms with Crippen molar-refractivity contribution in [3.05, 3.63) is 144 Å². The Bertz CT molecular complexity index is 940. The van der Waals surface area contributed by atoms with Crippen LogP contribution < -0.4 is 0 Å². The molecule has 0 heteroatoms. The van der Waals surface area contributed by atoms with Crippen LogP contribution in [0.1, 0.15) is 121 Å². The molecular formula is C42H64. The summed E-state index contributed by atoms with van der Waals surface area (Å²) in [4.78, 5) is 0. The topological polar surface area (TPSA) is 0 Å². The first-order chi connectivity index (χ1) is 20.3. The van der Waals surface area contributed by atoms with Gasteiger partial charge < -0.3 is 0 Å². The first-order valence-electron chi connectivity index (χ1n) is 16.4. The van der Waals surface area contributed by atoms with E-state index in [1.807, 2.05) is 60.7 Å². The quantitative estimate of drug-likeness (QED) is 0.194. The molecule has 232 valence electrons. The Morgan fingerprint density at radius 1 is 0.381 bits per heavy atom. The Morgan fingerprint density at radius 2 is 0.643 bits per heavy atom. The third kappa shape index (κ3) is 29.9. The van der Waals surface area contributed by atoms with Gasteiger partial charge in [-0.05, 0) is 43.4 Å². The highest BCUT2D eigenvalue weighted by Gasteiger charge is 1.93. The average molecular weight is 569 g/mol. The monoisotopic (exact) mass is 569 g/mol. The lowest BCUT2D eigenvalue weighted by atomic mass is 10.0. The summed E-state index contributed by atoms with van der Waals surface area (Å²) in [5, 5.41) is 0. The molecule has 0 spiro atoms. The third-order valence-corrected chi connectivity index (χ3v) is 6.41. The predicted octanol–water partition coefficient (Wildman–Crippen LogP) is 14.0. The molecule has 0 saturated carbocycles. The Morgan fingerprint density at radius 3 is 0.833 bits per heavy atom. The molecule has 0 fully saturated rings. The Kier molecular flexibility index (Phi) is 31.6. The maximum atomic E-state index is 2.23. The number of hydrogen-bond donors (Lipinski definition) is 0. The minimum absolute atomic E-state index is 0.659. The Labute approximate surface area is 262 Å². The van der Waals surface area contributed by atoms with Gasteiger partial charge in [0.25, 0.3) is 0 Å². The minimum Gasteiger partial charge on any atom is -0.0654 e. The van der Waals surface area contributed by atoms with E-state index in [9.17, 15) is 0 Å². The van der Waals surface area contributed by atoms with Crippen LogP contribution in [0.15, 0.2) is 121 Å². The van der Waals surface area contributed by atoms with E-state index in [2.05, 4.69) is 123 Å². The molecule has 0 atom stereocenters. The first kappa shape index (κ1) is 41.0. The van der Waals surface area contributed by atoms with Crippen molar-refractivity contribution in [3.8, 4) is 0 Å². The summed E-state index contributed by atoms with van der Waals surface area (Å²) in [6.07, 6.45) is 11.1. The van der Waals surface area contributed by atoms with E-state index in [1.54, 1.807) is 0 Å². The molecule has 0 bridgehead atoms. The van der Waals surface area contributed by atoms with E-state index in [4.69, 9.17) is 0 Å². The summed E-state index contributed by atoms with van der Waals surface area (Å²) in [7, 11) is 0. The molecule has 0 heterocycles. The van der Waals surface area contributed by atoms with Crippen molar-refractivity contribution in [1.82, 2.24) is 0 Å². The number of aryl methyl sites for hydroxylation is 3. The molecule has 4 aromatic rings. The van der Waals surface area contributed by atoms with Gasteiger partial charge in [-0.2, -0.15) is 0 Å². The molecule has 0 unspecified atom stereocenters. The van der Waals surface area contributed by atoms with Crippen LogP contribution in [0.4, 0.5) is 0 Å². The third-order valence-electron chi connectivity index (χ3n) is 6.41.